The number of nitrogens with zero attached hydrogens (tertiary/aromatic N) is 1. The third-order valence-electron chi connectivity index (χ3n) is 2.61. The highest BCUT2D eigenvalue weighted by atomic mass is 35.5. The quantitative estimate of drug-likeness (QED) is 0.434. The van der Waals surface area contributed by atoms with E-state index in [0.717, 1.165) is 0 Å². The van der Waals surface area contributed by atoms with Crippen molar-refractivity contribution in [2.24, 2.45) is 5.92 Å². The van der Waals surface area contributed by atoms with Crippen LogP contribution >= 0.6 is 11.6 Å². The summed E-state index contributed by atoms with van der Waals surface area (Å²) in [4.78, 5) is 10.2. The molecule has 21 heavy (non-hydrogen) atoms. The molecule has 1 rings (SSSR count). The van der Waals surface area contributed by atoms with Gasteiger partial charge in [0.25, 0.3) is 0 Å². The fourth-order valence-corrected chi connectivity index (χ4v) is 3.83. The van der Waals surface area contributed by atoms with Gasteiger partial charge in [0, 0.05) is 5.88 Å². The summed E-state index contributed by atoms with van der Waals surface area (Å²) in [6, 6.07) is 4.05. The number of halogens is 1. The summed E-state index contributed by atoms with van der Waals surface area (Å²) < 4.78 is 30.0. The number of rotatable bonds is 7. The normalized spacial score (nSPS) is 13.2. The van der Waals surface area contributed by atoms with Crippen LogP contribution in [-0.4, -0.2) is 31.1 Å². The Morgan fingerprint density at radius 1 is 1.33 bits per heavy atom. The van der Waals surface area contributed by atoms with Gasteiger partial charge in [0.15, 0.2) is 15.6 Å². The first-order valence-corrected chi connectivity index (χ1v) is 8.60. The largest absolute Gasteiger partial charge is 0.484 e. The Morgan fingerprint density at radius 3 is 2.43 bits per heavy atom. The van der Waals surface area contributed by atoms with E-state index in [-0.39, 0.29) is 34.3 Å². The molecule has 0 radical (unpaired) electrons. The van der Waals surface area contributed by atoms with Crippen LogP contribution in [-0.2, 0) is 9.84 Å². The molecule has 118 valence electrons. The Kier molecular flexibility index (Phi) is 5.98. The Bertz CT molecular complexity index is 615. The van der Waals surface area contributed by atoms with E-state index in [1.165, 1.54) is 18.2 Å². The maximum absolute atomic E-state index is 12.3. The molecule has 8 heteroatoms. The van der Waals surface area contributed by atoms with Crippen molar-refractivity contribution in [3.63, 3.8) is 0 Å². The molecular weight excluding hydrogens is 318 g/mol. The van der Waals surface area contributed by atoms with E-state index in [9.17, 15) is 18.5 Å². The lowest BCUT2D eigenvalue weighted by Crippen LogP contribution is -2.17. The molecule has 6 nitrogen and oxygen atoms in total. The Morgan fingerprint density at radius 2 is 1.95 bits per heavy atom. The Balaban J connectivity index is 3.39. The summed E-state index contributed by atoms with van der Waals surface area (Å²) in [7, 11) is -3.81. The highest BCUT2D eigenvalue weighted by molar-refractivity contribution is 7.91. The van der Waals surface area contributed by atoms with Crippen molar-refractivity contribution >= 4 is 27.1 Å². The van der Waals surface area contributed by atoms with E-state index in [2.05, 4.69) is 0 Å². The van der Waals surface area contributed by atoms with Crippen LogP contribution in [0.2, 0.25) is 0 Å². The lowest BCUT2D eigenvalue weighted by Gasteiger charge is -2.13. The average molecular weight is 336 g/mol. The van der Waals surface area contributed by atoms with E-state index >= 15 is 0 Å². The molecule has 0 aliphatic rings. The van der Waals surface area contributed by atoms with Gasteiger partial charge in [-0.1, -0.05) is 13.0 Å². The monoisotopic (exact) mass is 335 g/mol. The van der Waals surface area contributed by atoms with Crippen molar-refractivity contribution in [3.8, 4) is 5.75 Å². The first kappa shape index (κ1) is 17.7. The highest BCUT2D eigenvalue weighted by Gasteiger charge is 2.31. The fourth-order valence-electron chi connectivity index (χ4n) is 1.79. The standard InChI is InChI=1S/C13H18ClNO5S/c1-9(2)20-11-5-4-6-12(13(11)15(16)17)21(18,19)8-10(3)7-14/h4-6,9-10H,7-8H2,1-3H3. The minimum atomic E-state index is -3.81. The van der Waals surface area contributed by atoms with Crippen LogP contribution in [0.1, 0.15) is 20.8 Å². The van der Waals surface area contributed by atoms with Crippen LogP contribution in [0.5, 0.6) is 5.75 Å². The fraction of sp³-hybridized carbons (Fsp3) is 0.538. The van der Waals surface area contributed by atoms with E-state index < -0.39 is 20.4 Å². The van der Waals surface area contributed by atoms with Crippen molar-refractivity contribution < 1.29 is 18.1 Å². The Hall–Kier alpha value is -1.34. The third-order valence-corrected chi connectivity index (χ3v) is 5.14. The summed E-state index contributed by atoms with van der Waals surface area (Å²) in [6.07, 6.45) is -0.302. The minimum absolute atomic E-state index is 0.0467. The predicted octanol–water partition coefficient (Wildman–Crippen LogP) is 3.03. The average Bonchev–Trinajstić information content (AvgIpc) is 2.36. The molecular formula is C13H18ClNO5S. The molecule has 0 bridgehead atoms. The molecule has 0 aliphatic heterocycles. The summed E-state index contributed by atoms with van der Waals surface area (Å²) in [5.41, 5.74) is -0.520. The maximum Gasteiger partial charge on any atom is 0.329 e. The number of para-hydroxylation sites is 1. The van der Waals surface area contributed by atoms with Crippen molar-refractivity contribution in [1.29, 1.82) is 0 Å². The highest BCUT2D eigenvalue weighted by Crippen LogP contribution is 2.35. The van der Waals surface area contributed by atoms with Crippen LogP contribution in [0, 0.1) is 16.0 Å². The van der Waals surface area contributed by atoms with E-state index in [4.69, 9.17) is 16.3 Å². The number of benzene rings is 1. The zero-order valence-corrected chi connectivity index (χ0v) is 13.6. The van der Waals surface area contributed by atoms with E-state index in [1.807, 2.05) is 0 Å². The van der Waals surface area contributed by atoms with Crippen LogP contribution in [0.15, 0.2) is 23.1 Å². The first-order chi connectivity index (χ1) is 9.69. The minimum Gasteiger partial charge on any atom is -0.484 e. The van der Waals surface area contributed by atoms with Gasteiger partial charge in [0.1, 0.15) is 4.90 Å². The molecule has 0 heterocycles. The van der Waals surface area contributed by atoms with Crippen molar-refractivity contribution in [2.75, 3.05) is 11.6 Å². The summed E-state index contributed by atoms with van der Waals surface area (Å²) in [6.45, 7) is 5.09. The lowest BCUT2D eigenvalue weighted by atomic mass is 10.3. The molecule has 0 spiro atoms. The second-order valence-electron chi connectivity index (χ2n) is 5.07. The predicted molar refractivity (Wildman–Crippen MR) is 80.8 cm³/mol. The van der Waals surface area contributed by atoms with Gasteiger partial charge >= 0.3 is 5.69 Å². The topological polar surface area (TPSA) is 86.5 Å². The number of hydrogen-bond acceptors (Lipinski definition) is 5. The van der Waals surface area contributed by atoms with E-state index in [1.54, 1.807) is 20.8 Å². The van der Waals surface area contributed by atoms with Crippen LogP contribution in [0.4, 0.5) is 5.69 Å². The zero-order chi connectivity index (χ0) is 16.2. The van der Waals surface area contributed by atoms with Gasteiger partial charge in [-0.05, 0) is 31.9 Å². The van der Waals surface area contributed by atoms with Gasteiger partial charge in [-0.3, -0.25) is 10.1 Å². The zero-order valence-electron chi connectivity index (χ0n) is 12.1. The number of sulfone groups is 1. The number of hydrogen-bond donors (Lipinski definition) is 0. The van der Waals surface area contributed by atoms with Gasteiger partial charge in [0.2, 0.25) is 0 Å². The second-order valence-corrected chi connectivity index (χ2v) is 7.38. The molecule has 1 aromatic rings. The van der Waals surface area contributed by atoms with Gasteiger partial charge < -0.3 is 4.74 Å². The van der Waals surface area contributed by atoms with Crippen LogP contribution in [0.25, 0.3) is 0 Å². The molecule has 0 amide bonds. The molecule has 0 aromatic heterocycles. The molecule has 1 atom stereocenters. The maximum atomic E-state index is 12.3. The lowest BCUT2D eigenvalue weighted by molar-refractivity contribution is -0.389. The Labute approximate surface area is 129 Å². The number of ether oxygens (including phenoxy) is 1. The second kappa shape index (κ2) is 7.09. The van der Waals surface area contributed by atoms with Crippen molar-refractivity contribution in [1.82, 2.24) is 0 Å². The summed E-state index contributed by atoms with van der Waals surface area (Å²) in [5, 5.41) is 11.3. The van der Waals surface area contributed by atoms with E-state index in [0.29, 0.717) is 0 Å². The summed E-state index contributed by atoms with van der Waals surface area (Å²) in [5.74, 6) is -0.432. The van der Waals surface area contributed by atoms with Gasteiger partial charge in [-0.15, -0.1) is 11.6 Å². The van der Waals surface area contributed by atoms with Gasteiger partial charge in [-0.2, -0.15) is 0 Å². The van der Waals surface area contributed by atoms with Crippen molar-refractivity contribution in [2.45, 2.75) is 31.8 Å². The number of alkyl halides is 1. The summed E-state index contributed by atoms with van der Waals surface area (Å²) >= 11 is 5.62. The smallest absolute Gasteiger partial charge is 0.329 e. The van der Waals surface area contributed by atoms with Gasteiger partial charge in [0.05, 0.1) is 16.8 Å². The SMILES string of the molecule is CC(CCl)CS(=O)(=O)c1cccc(OC(C)C)c1[N+](=O)[O-]. The number of nitro groups is 1. The molecule has 0 fully saturated rings. The molecule has 1 unspecified atom stereocenters. The molecule has 0 aliphatic carbocycles. The molecule has 1 aromatic carbocycles. The molecule has 0 saturated heterocycles. The molecule has 0 saturated carbocycles. The van der Waals surface area contributed by atoms with Crippen molar-refractivity contribution in [3.05, 3.63) is 28.3 Å². The first-order valence-electron chi connectivity index (χ1n) is 6.41. The third kappa shape index (κ3) is 4.57. The molecule has 0 N–H and O–H groups in total. The van der Waals surface area contributed by atoms with Crippen LogP contribution in [0.3, 0.4) is 0 Å². The van der Waals surface area contributed by atoms with Crippen LogP contribution < -0.4 is 4.74 Å². The van der Waals surface area contributed by atoms with Gasteiger partial charge in [-0.25, -0.2) is 8.42 Å². The number of nitro benzene ring substituents is 1.